The monoisotopic (exact) mass is 379 g/mol. The maximum Gasteiger partial charge on any atom is 0.382 e. The maximum atomic E-state index is 12.1. The van der Waals surface area contributed by atoms with Crippen LogP contribution in [0.15, 0.2) is 29.5 Å². The Balaban J connectivity index is 1.67. The second-order valence-corrected chi connectivity index (χ2v) is 5.77. The van der Waals surface area contributed by atoms with Gasteiger partial charge in [0.1, 0.15) is 18.3 Å². The zero-order chi connectivity index (χ0) is 19.6. The molecule has 2 aromatic rings. The van der Waals surface area contributed by atoms with Gasteiger partial charge < -0.3 is 24.9 Å². The number of carbonyl (C=O) groups excluding carboxylic acids is 1. The average molecular weight is 379 g/mol. The lowest BCUT2D eigenvalue weighted by atomic mass is 10.1. The van der Waals surface area contributed by atoms with Crippen LogP contribution >= 0.6 is 0 Å². The van der Waals surface area contributed by atoms with Gasteiger partial charge >= 0.3 is 11.7 Å². The number of aryl methyl sites for hydroxylation is 1. The Morgan fingerprint density at radius 2 is 2.11 bits per heavy atom. The second-order valence-electron chi connectivity index (χ2n) is 5.77. The van der Waals surface area contributed by atoms with Gasteiger partial charge in [-0.3, -0.25) is 9.55 Å². The van der Waals surface area contributed by atoms with Crippen molar-refractivity contribution in [3.8, 4) is 0 Å². The van der Waals surface area contributed by atoms with Crippen molar-refractivity contribution in [3.05, 3.63) is 46.5 Å². The van der Waals surface area contributed by atoms with E-state index in [0.29, 0.717) is 5.69 Å². The van der Waals surface area contributed by atoms with Crippen LogP contribution in [0, 0.1) is 6.92 Å². The van der Waals surface area contributed by atoms with Crippen molar-refractivity contribution in [2.75, 3.05) is 12.1 Å². The Bertz CT molecular complexity index is 872. The topological polar surface area (TPSA) is 169 Å². The minimum absolute atomic E-state index is 0.0343. The Morgan fingerprint density at radius 1 is 1.33 bits per heavy atom. The second kappa shape index (κ2) is 7.75. The first-order chi connectivity index (χ1) is 12.9. The predicted molar refractivity (Wildman–Crippen MR) is 87.3 cm³/mol. The Kier molecular flexibility index (Phi) is 5.41. The Hall–Kier alpha value is -2.93. The van der Waals surface area contributed by atoms with Gasteiger partial charge in [-0.1, -0.05) is 0 Å². The third kappa shape index (κ3) is 3.93. The highest BCUT2D eigenvalue weighted by Crippen LogP contribution is 2.28. The number of nitrogens with zero attached hydrogens (tertiary/aromatic N) is 4. The van der Waals surface area contributed by atoms with Gasteiger partial charge in [0, 0.05) is 18.5 Å². The van der Waals surface area contributed by atoms with Gasteiger partial charge in [-0.15, -0.1) is 0 Å². The van der Waals surface area contributed by atoms with Gasteiger partial charge in [0.05, 0.1) is 18.5 Å². The molecule has 1 aliphatic rings. The molecule has 27 heavy (non-hydrogen) atoms. The fourth-order valence-electron chi connectivity index (χ4n) is 2.42. The normalized spacial score (nSPS) is 24.6. The molecule has 0 aliphatic carbocycles. The smallest absolute Gasteiger partial charge is 0.382 e. The molecule has 4 N–H and O–H groups in total. The van der Waals surface area contributed by atoms with E-state index in [9.17, 15) is 19.8 Å². The van der Waals surface area contributed by atoms with E-state index in [4.69, 9.17) is 14.7 Å². The van der Waals surface area contributed by atoms with E-state index in [0.717, 1.165) is 4.57 Å². The number of nitrogens with one attached hydrogen (secondary N) is 1. The Labute approximate surface area is 152 Å². The summed E-state index contributed by atoms with van der Waals surface area (Å²) in [6.07, 6.45) is -1.12. The van der Waals surface area contributed by atoms with E-state index in [2.05, 4.69) is 20.4 Å². The molecule has 144 valence electrons. The van der Waals surface area contributed by atoms with Gasteiger partial charge in [0.25, 0.3) is 0 Å². The molecule has 0 spiro atoms. The summed E-state index contributed by atoms with van der Waals surface area (Å²) in [4.78, 5) is 40.2. The van der Waals surface area contributed by atoms with E-state index in [-0.39, 0.29) is 11.5 Å². The highest BCUT2D eigenvalue weighted by Gasteiger charge is 2.43. The van der Waals surface area contributed by atoms with E-state index < -0.39 is 42.8 Å². The summed E-state index contributed by atoms with van der Waals surface area (Å²) < 4.78 is 6.21. The van der Waals surface area contributed by atoms with E-state index in [1.54, 1.807) is 6.92 Å². The van der Waals surface area contributed by atoms with Crippen molar-refractivity contribution in [3.63, 3.8) is 0 Å². The van der Waals surface area contributed by atoms with E-state index >= 15 is 0 Å². The number of carbonyl (C=O) groups is 1. The summed E-state index contributed by atoms with van der Waals surface area (Å²) in [5.41, 5.74) is 1.99. The van der Waals surface area contributed by atoms with Crippen molar-refractivity contribution in [2.45, 2.75) is 31.5 Å². The van der Waals surface area contributed by atoms with Crippen LogP contribution in [0.3, 0.4) is 0 Å². The molecule has 3 rings (SSSR count). The van der Waals surface area contributed by atoms with Gasteiger partial charge in [0.2, 0.25) is 0 Å². The summed E-state index contributed by atoms with van der Waals surface area (Å²) in [5.74, 6) is -0.895. The maximum absolute atomic E-state index is 12.1. The van der Waals surface area contributed by atoms with Crippen LogP contribution in [-0.4, -0.2) is 65.7 Å². The van der Waals surface area contributed by atoms with Crippen LogP contribution in [0.25, 0.3) is 0 Å². The van der Waals surface area contributed by atoms with Crippen molar-refractivity contribution < 1.29 is 29.7 Å². The Morgan fingerprint density at radius 3 is 2.70 bits per heavy atom. The zero-order valence-corrected chi connectivity index (χ0v) is 14.1. The van der Waals surface area contributed by atoms with Crippen LogP contribution in [0.4, 0.5) is 5.82 Å². The number of hydrogen-bond donors (Lipinski definition) is 4. The molecule has 0 radical (unpaired) electrons. The molecule has 12 heteroatoms. The lowest BCUT2D eigenvalue weighted by molar-refractivity contribution is -0.0549. The fourth-order valence-corrected chi connectivity index (χ4v) is 2.42. The molecular formula is C15H17N5O7. The molecule has 1 fully saturated rings. The molecule has 4 atom stereocenters. The first kappa shape index (κ1) is 18.8. The summed E-state index contributed by atoms with van der Waals surface area (Å²) in [5, 5.41) is 28.8. The minimum Gasteiger partial charge on any atom is -0.394 e. The molecule has 0 amide bonds. The van der Waals surface area contributed by atoms with Crippen molar-refractivity contribution in [2.24, 2.45) is 0 Å². The predicted octanol–water partition coefficient (Wildman–Crippen LogP) is -1.86. The number of ether oxygens (including phenoxy) is 1. The summed E-state index contributed by atoms with van der Waals surface area (Å²) in [7, 11) is 0. The molecule has 1 saturated heterocycles. The quantitative estimate of drug-likeness (QED) is 0.430. The molecule has 3 heterocycles. The van der Waals surface area contributed by atoms with Crippen LogP contribution in [0.2, 0.25) is 0 Å². The van der Waals surface area contributed by atoms with Crippen LogP contribution in [0.1, 0.15) is 22.4 Å². The number of aliphatic hydroxyl groups is 3. The number of aromatic nitrogens is 4. The largest absolute Gasteiger partial charge is 0.394 e. The molecule has 2 aromatic heterocycles. The van der Waals surface area contributed by atoms with Crippen molar-refractivity contribution in [1.82, 2.24) is 19.5 Å². The first-order valence-electron chi connectivity index (χ1n) is 7.88. The van der Waals surface area contributed by atoms with Crippen LogP contribution < -0.4 is 11.2 Å². The van der Waals surface area contributed by atoms with Gasteiger partial charge in [-0.25, -0.2) is 14.6 Å². The van der Waals surface area contributed by atoms with E-state index in [1.165, 1.54) is 24.7 Å². The molecule has 12 nitrogen and oxygen atoms in total. The standard InChI is InChI=1S/C15H17N5O7/c1-7-4-17-8(5-16-7)14(24)27-19-10-2-3-20(15(25)18-10)13-12(23)11(22)9(6-21)26-13/h2-5,9,11-13,21-23H,6H2,1H3,(H,18,19,25)/t9-,11-,12-,13-/m1/s1. The molecule has 0 saturated carbocycles. The zero-order valence-electron chi connectivity index (χ0n) is 14.1. The molecule has 0 bridgehead atoms. The summed E-state index contributed by atoms with van der Waals surface area (Å²) in [6, 6.07) is 1.30. The number of rotatable bonds is 5. The lowest BCUT2D eigenvalue weighted by Crippen LogP contribution is -2.36. The van der Waals surface area contributed by atoms with Gasteiger partial charge in [-0.2, -0.15) is 10.5 Å². The fraction of sp³-hybridized carbons (Fsp3) is 0.400. The first-order valence-corrected chi connectivity index (χ1v) is 7.88. The van der Waals surface area contributed by atoms with E-state index in [1.807, 2.05) is 0 Å². The van der Waals surface area contributed by atoms with Crippen LogP contribution in [-0.2, 0) is 9.57 Å². The summed E-state index contributed by atoms with van der Waals surface area (Å²) >= 11 is 0. The van der Waals surface area contributed by atoms with Crippen molar-refractivity contribution in [1.29, 1.82) is 0 Å². The molecule has 1 aliphatic heterocycles. The highest BCUT2D eigenvalue weighted by atomic mass is 16.7. The third-order valence-electron chi connectivity index (χ3n) is 3.86. The SMILES string of the molecule is Cc1cnc(C(=O)ONc2ccn([C@@H]3O[C@H](CO)[C@@H](O)[C@H]3O)c(=O)n2)cn1. The molecule has 0 aromatic carbocycles. The minimum atomic E-state index is -1.42. The van der Waals surface area contributed by atoms with Crippen molar-refractivity contribution >= 4 is 11.8 Å². The van der Waals surface area contributed by atoms with Gasteiger partial charge in [0.15, 0.2) is 17.7 Å². The summed E-state index contributed by atoms with van der Waals surface area (Å²) in [6.45, 7) is 1.19. The number of aliphatic hydroxyl groups excluding tert-OH is 3. The third-order valence-corrected chi connectivity index (χ3v) is 3.86. The number of hydrogen-bond acceptors (Lipinski definition) is 11. The van der Waals surface area contributed by atoms with Crippen LogP contribution in [0.5, 0.6) is 0 Å². The highest BCUT2D eigenvalue weighted by molar-refractivity contribution is 5.87. The number of anilines is 1. The van der Waals surface area contributed by atoms with Gasteiger partial charge in [-0.05, 0) is 6.92 Å². The molecular weight excluding hydrogens is 362 g/mol. The molecule has 0 unspecified atom stereocenters. The lowest BCUT2D eigenvalue weighted by Gasteiger charge is -2.17. The average Bonchev–Trinajstić information content (AvgIpc) is 2.95.